The van der Waals surface area contributed by atoms with Crippen LogP contribution >= 0.6 is 0 Å². The number of aromatic amines is 1. The molecule has 1 N–H and O–H groups in total. The van der Waals surface area contributed by atoms with E-state index in [1.54, 1.807) is 7.11 Å². The number of rotatable bonds is 1. The number of hydrogen-bond acceptors (Lipinski definition) is 2. The lowest BCUT2D eigenvalue weighted by molar-refractivity contribution is 0.103. The van der Waals surface area contributed by atoms with Crippen LogP contribution in [0.4, 0.5) is 0 Å². The molecule has 0 fully saturated rings. The third kappa shape index (κ3) is 1.19. The van der Waals surface area contributed by atoms with Crippen molar-refractivity contribution in [3.05, 3.63) is 53.7 Å². The highest BCUT2D eigenvalue weighted by Crippen LogP contribution is 2.42. The summed E-state index contributed by atoms with van der Waals surface area (Å²) in [5, 5.41) is 0.961. The van der Waals surface area contributed by atoms with Gasteiger partial charge in [-0.1, -0.05) is 24.3 Å². The molecule has 4 rings (SSSR count). The summed E-state index contributed by atoms with van der Waals surface area (Å²) in [6.07, 6.45) is 1.96. The lowest BCUT2D eigenvalue weighted by atomic mass is 9.85. The molecule has 3 heteroatoms. The molecule has 0 aliphatic heterocycles. The van der Waals surface area contributed by atoms with Gasteiger partial charge in [0.05, 0.1) is 12.7 Å². The molecule has 0 spiro atoms. The number of nitrogens with one attached hydrogen (secondary N) is 1. The van der Waals surface area contributed by atoms with E-state index in [1.165, 1.54) is 0 Å². The zero-order valence-electron chi connectivity index (χ0n) is 10.4. The molecule has 1 heterocycles. The van der Waals surface area contributed by atoms with Crippen LogP contribution < -0.4 is 4.74 Å². The van der Waals surface area contributed by atoms with Crippen LogP contribution in [-0.2, 0) is 0 Å². The number of carbonyl (C=O) groups is 1. The summed E-state index contributed by atoms with van der Waals surface area (Å²) in [7, 11) is 1.60. The lowest BCUT2D eigenvalue weighted by Gasteiger charge is -2.17. The van der Waals surface area contributed by atoms with Crippen molar-refractivity contribution in [1.29, 1.82) is 0 Å². The molecule has 0 bridgehead atoms. The molecule has 1 aliphatic carbocycles. The molecule has 92 valence electrons. The second-order valence-corrected chi connectivity index (χ2v) is 4.64. The molecular formula is C16H11NO2. The van der Waals surface area contributed by atoms with E-state index in [4.69, 9.17) is 4.74 Å². The molecule has 0 amide bonds. The first-order valence-electron chi connectivity index (χ1n) is 6.13. The van der Waals surface area contributed by atoms with Gasteiger partial charge in [-0.05, 0) is 17.7 Å². The van der Waals surface area contributed by atoms with Crippen molar-refractivity contribution >= 4 is 16.7 Å². The zero-order chi connectivity index (χ0) is 13.0. The van der Waals surface area contributed by atoms with Crippen molar-refractivity contribution in [3.63, 3.8) is 0 Å². The van der Waals surface area contributed by atoms with Crippen molar-refractivity contribution in [2.45, 2.75) is 0 Å². The summed E-state index contributed by atoms with van der Waals surface area (Å²) in [6.45, 7) is 0. The average molecular weight is 249 g/mol. The highest BCUT2D eigenvalue weighted by atomic mass is 16.5. The fourth-order valence-electron chi connectivity index (χ4n) is 2.86. The van der Waals surface area contributed by atoms with Gasteiger partial charge in [0.1, 0.15) is 5.75 Å². The van der Waals surface area contributed by atoms with Crippen molar-refractivity contribution in [1.82, 2.24) is 4.98 Å². The SMILES string of the molecule is COc1ccc2[nH]cc3c2c1C(=O)c1ccccc1-3. The van der Waals surface area contributed by atoms with Crippen LogP contribution in [0.25, 0.3) is 22.0 Å². The standard InChI is InChI=1S/C16H11NO2/c1-19-13-7-6-12-14-11(8-17-12)9-4-2-3-5-10(9)16(18)15(13)14/h2-8,17H,1H3. The average Bonchev–Trinajstić information content (AvgIpc) is 2.89. The highest BCUT2D eigenvalue weighted by Gasteiger charge is 2.28. The Morgan fingerprint density at radius 2 is 1.79 bits per heavy atom. The molecule has 3 nitrogen and oxygen atoms in total. The van der Waals surface area contributed by atoms with Crippen LogP contribution in [0.1, 0.15) is 15.9 Å². The monoisotopic (exact) mass is 249 g/mol. The van der Waals surface area contributed by atoms with E-state index in [0.29, 0.717) is 11.3 Å². The number of ether oxygens (including phenoxy) is 1. The van der Waals surface area contributed by atoms with Crippen molar-refractivity contribution in [2.24, 2.45) is 0 Å². The number of carbonyl (C=O) groups excluding carboxylic acids is 1. The van der Waals surface area contributed by atoms with Crippen molar-refractivity contribution in [2.75, 3.05) is 7.11 Å². The Labute approximate surface area is 109 Å². The number of ketones is 1. The zero-order valence-corrected chi connectivity index (χ0v) is 10.4. The van der Waals surface area contributed by atoms with Gasteiger partial charge in [0.25, 0.3) is 0 Å². The number of fused-ring (bicyclic) bond motifs is 2. The molecule has 19 heavy (non-hydrogen) atoms. The van der Waals surface area contributed by atoms with E-state index < -0.39 is 0 Å². The van der Waals surface area contributed by atoms with Gasteiger partial charge in [0.15, 0.2) is 5.78 Å². The number of aromatic nitrogens is 1. The van der Waals surface area contributed by atoms with Gasteiger partial charge >= 0.3 is 0 Å². The van der Waals surface area contributed by atoms with Crippen LogP contribution in [-0.4, -0.2) is 17.9 Å². The Morgan fingerprint density at radius 1 is 1.00 bits per heavy atom. The van der Waals surface area contributed by atoms with Gasteiger partial charge in [0, 0.05) is 28.2 Å². The summed E-state index contributed by atoms with van der Waals surface area (Å²) in [6, 6.07) is 11.5. The fourth-order valence-corrected chi connectivity index (χ4v) is 2.86. The van der Waals surface area contributed by atoms with E-state index in [0.717, 1.165) is 27.6 Å². The summed E-state index contributed by atoms with van der Waals surface area (Å²) in [5.74, 6) is 0.665. The van der Waals surface area contributed by atoms with E-state index in [1.807, 2.05) is 42.6 Å². The number of benzene rings is 2. The van der Waals surface area contributed by atoms with Crippen LogP contribution in [0.3, 0.4) is 0 Å². The first kappa shape index (κ1) is 10.4. The minimum Gasteiger partial charge on any atom is -0.496 e. The minimum absolute atomic E-state index is 0.0325. The summed E-state index contributed by atoms with van der Waals surface area (Å²) in [4.78, 5) is 15.9. The molecule has 2 aromatic carbocycles. The normalized spacial score (nSPS) is 12.6. The Bertz CT molecular complexity index is 830. The second-order valence-electron chi connectivity index (χ2n) is 4.64. The molecule has 0 atom stereocenters. The number of hydrogen-bond donors (Lipinski definition) is 1. The van der Waals surface area contributed by atoms with Gasteiger partial charge in [-0.25, -0.2) is 0 Å². The van der Waals surface area contributed by atoms with Gasteiger partial charge in [0.2, 0.25) is 0 Å². The molecule has 0 unspecified atom stereocenters. The van der Waals surface area contributed by atoms with E-state index in [-0.39, 0.29) is 5.78 Å². The maximum absolute atomic E-state index is 12.7. The quantitative estimate of drug-likeness (QED) is 0.562. The molecule has 3 aromatic rings. The first-order chi connectivity index (χ1) is 9.31. The lowest BCUT2D eigenvalue weighted by Crippen LogP contribution is -2.10. The maximum Gasteiger partial charge on any atom is 0.198 e. The smallest absolute Gasteiger partial charge is 0.198 e. The third-order valence-corrected chi connectivity index (χ3v) is 3.72. The third-order valence-electron chi connectivity index (χ3n) is 3.72. The van der Waals surface area contributed by atoms with E-state index in [2.05, 4.69) is 4.98 Å². The Balaban J connectivity index is 2.23. The Morgan fingerprint density at radius 3 is 2.58 bits per heavy atom. The molecule has 0 radical (unpaired) electrons. The summed E-state index contributed by atoms with van der Waals surface area (Å²) in [5.41, 5.74) is 4.42. The topological polar surface area (TPSA) is 42.1 Å². The predicted octanol–water partition coefficient (Wildman–Crippen LogP) is 3.39. The fraction of sp³-hybridized carbons (Fsp3) is 0.0625. The number of H-pyrrole nitrogens is 1. The summed E-state index contributed by atoms with van der Waals surface area (Å²) >= 11 is 0. The molecule has 0 saturated carbocycles. The van der Waals surface area contributed by atoms with Crippen LogP contribution in [0, 0.1) is 0 Å². The summed E-state index contributed by atoms with van der Waals surface area (Å²) < 4.78 is 5.35. The molecule has 1 aliphatic rings. The van der Waals surface area contributed by atoms with E-state index in [9.17, 15) is 4.79 Å². The van der Waals surface area contributed by atoms with Gasteiger partial charge in [-0.15, -0.1) is 0 Å². The van der Waals surface area contributed by atoms with Crippen molar-refractivity contribution < 1.29 is 9.53 Å². The van der Waals surface area contributed by atoms with Crippen LogP contribution in [0.2, 0.25) is 0 Å². The minimum atomic E-state index is 0.0325. The van der Waals surface area contributed by atoms with Gasteiger partial charge < -0.3 is 9.72 Å². The predicted molar refractivity (Wildman–Crippen MR) is 73.7 cm³/mol. The highest BCUT2D eigenvalue weighted by molar-refractivity contribution is 6.27. The second kappa shape index (κ2) is 3.48. The molecular weight excluding hydrogens is 238 g/mol. The maximum atomic E-state index is 12.7. The van der Waals surface area contributed by atoms with Crippen LogP contribution in [0.15, 0.2) is 42.6 Å². The van der Waals surface area contributed by atoms with Crippen LogP contribution in [0.5, 0.6) is 5.75 Å². The number of methoxy groups -OCH3 is 1. The van der Waals surface area contributed by atoms with E-state index >= 15 is 0 Å². The molecule has 1 aromatic heterocycles. The van der Waals surface area contributed by atoms with Gasteiger partial charge in [-0.2, -0.15) is 0 Å². The van der Waals surface area contributed by atoms with Crippen molar-refractivity contribution in [3.8, 4) is 16.9 Å². The Hall–Kier alpha value is -2.55. The van der Waals surface area contributed by atoms with Gasteiger partial charge in [-0.3, -0.25) is 4.79 Å². The Kier molecular flexibility index (Phi) is 1.90. The molecule has 0 saturated heterocycles. The largest absolute Gasteiger partial charge is 0.496 e. The first-order valence-corrected chi connectivity index (χ1v) is 6.13.